The van der Waals surface area contributed by atoms with Crippen LogP contribution in [0.15, 0.2) is 30.3 Å². The first-order chi connectivity index (χ1) is 11.0. The summed E-state index contributed by atoms with van der Waals surface area (Å²) in [4.78, 5) is 2.36. The quantitative estimate of drug-likeness (QED) is 0.875. The predicted octanol–water partition coefficient (Wildman–Crippen LogP) is 1.15. The van der Waals surface area contributed by atoms with E-state index < -0.39 is 10.0 Å². The van der Waals surface area contributed by atoms with Crippen molar-refractivity contribution in [2.45, 2.75) is 19.9 Å². The molecule has 2 atom stereocenters. The SMILES string of the molecule is CCS(=O)(=O)N1CC[C@H]2CN(Cc3ccccc3)C[C@@]2(CO)C1. The highest BCUT2D eigenvalue weighted by molar-refractivity contribution is 7.89. The second-order valence-electron chi connectivity index (χ2n) is 6.90. The number of nitrogens with zero attached hydrogens (tertiary/aromatic N) is 2. The summed E-state index contributed by atoms with van der Waals surface area (Å²) in [6.07, 6.45) is 0.838. The zero-order chi connectivity index (χ0) is 16.5. The van der Waals surface area contributed by atoms with Crippen LogP contribution in [0.4, 0.5) is 0 Å². The van der Waals surface area contributed by atoms with Crippen LogP contribution in [0, 0.1) is 11.3 Å². The molecule has 0 saturated carbocycles. The van der Waals surface area contributed by atoms with Gasteiger partial charge in [0.25, 0.3) is 0 Å². The van der Waals surface area contributed by atoms with Crippen LogP contribution in [0.1, 0.15) is 18.9 Å². The fourth-order valence-corrected chi connectivity index (χ4v) is 5.26. The summed E-state index contributed by atoms with van der Waals surface area (Å²) in [6, 6.07) is 10.3. The summed E-state index contributed by atoms with van der Waals surface area (Å²) in [5.74, 6) is 0.506. The number of sulfonamides is 1. The molecular weight excluding hydrogens is 312 g/mol. The maximum atomic E-state index is 12.2. The molecule has 0 unspecified atom stereocenters. The molecule has 0 bridgehead atoms. The third-order valence-corrected chi connectivity index (χ3v) is 7.25. The Balaban J connectivity index is 1.74. The molecule has 1 aromatic carbocycles. The molecule has 2 heterocycles. The van der Waals surface area contributed by atoms with Gasteiger partial charge < -0.3 is 5.11 Å². The Morgan fingerprint density at radius 1 is 1.26 bits per heavy atom. The number of aliphatic hydroxyl groups is 1. The molecule has 0 spiro atoms. The Labute approximate surface area is 139 Å². The van der Waals surface area contributed by atoms with Crippen molar-refractivity contribution in [1.82, 2.24) is 9.21 Å². The molecule has 2 saturated heterocycles. The summed E-state index contributed by atoms with van der Waals surface area (Å²) in [5, 5.41) is 10.0. The summed E-state index contributed by atoms with van der Waals surface area (Å²) in [5.41, 5.74) is 0.951. The van der Waals surface area contributed by atoms with Crippen LogP contribution in [0.2, 0.25) is 0 Å². The van der Waals surface area contributed by atoms with Gasteiger partial charge in [-0.05, 0) is 24.8 Å². The van der Waals surface area contributed by atoms with Crippen molar-refractivity contribution in [2.24, 2.45) is 11.3 Å². The average Bonchev–Trinajstić information content (AvgIpc) is 2.93. The monoisotopic (exact) mass is 338 g/mol. The van der Waals surface area contributed by atoms with Gasteiger partial charge in [-0.2, -0.15) is 0 Å². The number of aliphatic hydroxyl groups excluding tert-OH is 1. The van der Waals surface area contributed by atoms with Crippen LogP contribution >= 0.6 is 0 Å². The molecular formula is C17H26N2O3S. The van der Waals surface area contributed by atoms with Gasteiger partial charge in [0.05, 0.1) is 12.4 Å². The zero-order valence-electron chi connectivity index (χ0n) is 13.7. The molecule has 0 radical (unpaired) electrons. The molecule has 6 heteroatoms. The first-order valence-corrected chi connectivity index (χ1v) is 9.95. The number of fused-ring (bicyclic) bond motifs is 1. The largest absolute Gasteiger partial charge is 0.396 e. The van der Waals surface area contributed by atoms with Crippen LogP contribution in [0.3, 0.4) is 0 Å². The Hall–Kier alpha value is -0.950. The van der Waals surface area contributed by atoms with E-state index in [0.29, 0.717) is 19.0 Å². The van der Waals surface area contributed by atoms with Crippen LogP contribution in [0.5, 0.6) is 0 Å². The van der Waals surface area contributed by atoms with E-state index in [1.807, 2.05) is 18.2 Å². The summed E-state index contributed by atoms with van der Waals surface area (Å²) >= 11 is 0. The number of benzene rings is 1. The molecule has 128 valence electrons. The van der Waals surface area contributed by atoms with E-state index >= 15 is 0 Å². The van der Waals surface area contributed by atoms with Crippen molar-refractivity contribution in [1.29, 1.82) is 0 Å². The van der Waals surface area contributed by atoms with Crippen molar-refractivity contribution in [3.05, 3.63) is 35.9 Å². The Morgan fingerprint density at radius 2 is 2.00 bits per heavy atom. The van der Waals surface area contributed by atoms with Gasteiger partial charge in [-0.1, -0.05) is 30.3 Å². The van der Waals surface area contributed by atoms with E-state index in [9.17, 15) is 13.5 Å². The van der Waals surface area contributed by atoms with E-state index in [2.05, 4.69) is 17.0 Å². The second-order valence-corrected chi connectivity index (χ2v) is 9.15. The maximum Gasteiger partial charge on any atom is 0.213 e. The number of rotatable bonds is 5. The fourth-order valence-electron chi connectivity index (χ4n) is 4.06. The lowest BCUT2D eigenvalue weighted by molar-refractivity contribution is 0.0410. The minimum Gasteiger partial charge on any atom is -0.396 e. The first-order valence-electron chi connectivity index (χ1n) is 8.34. The standard InChI is InChI=1S/C17H26N2O3S/c1-2-23(21,22)19-9-8-16-11-18(12-17(16,13-19)14-20)10-15-6-4-3-5-7-15/h3-7,16,20H,2,8-14H2,1H3/t16-,17-/m0/s1. The molecule has 1 aromatic rings. The lowest BCUT2D eigenvalue weighted by Crippen LogP contribution is -2.52. The third-order valence-electron chi connectivity index (χ3n) is 5.42. The lowest BCUT2D eigenvalue weighted by atomic mass is 9.75. The van der Waals surface area contributed by atoms with Crippen LogP contribution in [-0.2, 0) is 16.6 Å². The fraction of sp³-hybridized carbons (Fsp3) is 0.647. The van der Waals surface area contributed by atoms with E-state index in [1.165, 1.54) is 5.56 Å². The number of hydrogen-bond acceptors (Lipinski definition) is 4. The molecule has 5 nitrogen and oxygen atoms in total. The van der Waals surface area contributed by atoms with Gasteiger partial charge in [-0.3, -0.25) is 4.90 Å². The van der Waals surface area contributed by atoms with Crippen molar-refractivity contribution in [3.8, 4) is 0 Å². The Bertz CT molecular complexity index is 634. The molecule has 23 heavy (non-hydrogen) atoms. The maximum absolute atomic E-state index is 12.2. The van der Waals surface area contributed by atoms with Crippen molar-refractivity contribution in [2.75, 3.05) is 38.5 Å². The van der Waals surface area contributed by atoms with E-state index in [4.69, 9.17) is 0 Å². The van der Waals surface area contributed by atoms with Crippen LogP contribution in [0.25, 0.3) is 0 Å². The number of likely N-dealkylation sites (tertiary alicyclic amines) is 1. The molecule has 1 N–H and O–H groups in total. The molecule has 0 amide bonds. The van der Waals surface area contributed by atoms with Crippen molar-refractivity contribution in [3.63, 3.8) is 0 Å². The predicted molar refractivity (Wildman–Crippen MR) is 90.4 cm³/mol. The van der Waals surface area contributed by atoms with Gasteiger partial charge in [0.1, 0.15) is 0 Å². The van der Waals surface area contributed by atoms with E-state index in [-0.39, 0.29) is 17.8 Å². The average molecular weight is 338 g/mol. The highest BCUT2D eigenvalue weighted by Gasteiger charge is 2.50. The summed E-state index contributed by atoms with van der Waals surface area (Å²) in [7, 11) is -3.18. The van der Waals surface area contributed by atoms with E-state index in [0.717, 1.165) is 26.1 Å². The number of piperidine rings is 1. The molecule has 2 aliphatic heterocycles. The lowest BCUT2D eigenvalue weighted by Gasteiger charge is -2.42. The zero-order valence-corrected chi connectivity index (χ0v) is 14.5. The molecule has 3 rings (SSSR count). The molecule has 2 fully saturated rings. The van der Waals surface area contributed by atoms with Gasteiger partial charge in [0.15, 0.2) is 0 Å². The molecule has 2 aliphatic rings. The smallest absolute Gasteiger partial charge is 0.213 e. The first kappa shape index (κ1) is 16.9. The molecule has 0 aromatic heterocycles. The third kappa shape index (κ3) is 3.31. The van der Waals surface area contributed by atoms with E-state index in [1.54, 1.807) is 11.2 Å². The minimum absolute atomic E-state index is 0.0543. The van der Waals surface area contributed by atoms with Gasteiger partial charge >= 0.3 is 0 Å². The topological polar surface area (TPSA) is 60.9 Å². The van der Waals surface area contributed by atoms with Gasteiger partial charge in [-0.25, -0.2) is 12.7 Å². The van der Waals surface area contributed by atoms with Crippen molar-refractivity contribution < 1.29 is 13.5 Å². The van der Waals surface area contributed by atoms with Crippen molar-refractivity contribution >= 4 is 10.0 Å². The minimum atomic E-state index is -3.18. The normalized spacial score (nSPS) is 29.6. The van der Waals surface area contributed by atoms with Gasteiger partial charge in [0.2, 0.25) is 10.0 Å². The van der Waals surface area contributed by atoms with Crippen LogP contribution in [-0.4, -0.2) is 61.3 Å². The molecule has 0 aliphatic carbocycles. The highest BCUT2D eigenvalue weighted by atomic mass is 32.2. The van der Waals surface area contributed by atoms with Gasteiger partial charge in [0, 0.05) is 38.1 Å². The summed E-state index contributed by atoms with van der Waals surface area (Å²) < 4.78 is 26.0. The summed E-state index contributed by atoms with van der Waals surface area (Å²) in [6.45, 7) is 5.34. The highest BCUT2D eigenvalue weighted by Crippen LogP contribution is 2.43. The van der Waals surface area contributed by atoms with Gasteiger partial charge in [-0.15, -0.1) is 0 Å². The van der Waals surface area contributed by atoms with Crippen LogP contribution < -0.4 is 0 Å². The Morgan fingerprint density at radius 3 is 2.65 bits per heavy atom. The Kier molecular flexibility index (Phi) is 4.78. The number of hydrogen-bond donors (Lipinski definition) is 1. The second kappa shape index (κ2) is 6.51.